The number of pyridine rings is 1. The molecule has 3 rings (SSSR count). The van der Waals surface area contributed by atoms with Gasteiger partial charge in [0.25, 0.3) is 0 Å². The van der Waals surface area contributed by atoms with Gasteiger partial charge in [0, 0.05) is 24.9 Å². The zero-order valence-corrected chi connectivity index (χ0v) is 16.7. The van der Waals surface area contributed by atoms with Crippen molar-refractivity contribution in [2.75, 3.05) is 0 Å². The van der Waals surface area contributed by atoms with Crippen LogP contribution in [0, 0.1) is 19.8 Å². The molecule has 1 atom stereocenters. The molecule has 0 spiro atoms. The van der Waals surface area contributed by atoms with Crippen LogP contribution in [-0.4, -0.2) is 30.3 Å². The van der Waals surface area contributed by atoms with Gasteiger partial charge in [-0.3, -0.25) is 13.9 Å². The molecule has 0 aromatic carbocycles. The first-order chi connectivity index (χ1) is 12.9. The summed E-state index contributed by atoms with van der Waals surface area (Å²) in [7, 11) is 0. The molecule has 0 aliphatic carbocycles. The fourth-order valence-electron chi connectivity index (χ4n) is 3.39. The summed E-state index contributed by atoms with van der Waals surface area (Å²) in [6, 6.07) is 5.53. The quantitative estimate of drug-likeness (QED) is 0.695. The van der Waals surface area contributed by atoms with Crippen LogP contribution in [0.5, 0.6) is 0 Å². The number of carbonyl (C=O) groups is 1. The van der Waals surface area contributed by atoms with Crippen molar-refractivity contribution in [1.82, 2.24) is 29.7 Å². The van der Waals surface area contributed by atoms with Gasteiger partial charge in [0.1, 0.15) is 0 Å². The maximum absolute atomic E-state index is 12.5. The number of aryl methyl sites for hydroxylation is 1. The molecule has 0 unspecified atom stereocenters. The molecule has 7 nitrogen and oxygen atoms in total. The monoisotopic (exact) mass is 368 g/mol. The Morgan fingerprint density at radius 2 is 1.96 bits per heavy atom. The van der Waals surface area contributed by atoms with Crippen LogP contribution in [0.25, 0.3) is 5.65 Å². The van der Waals surface area contributed by atoms with Crippen molar-refractivity contribution in [2.45, 2.75) is 60.0 Å². The van der Waals surface area contributed by atoms with Crippen LogP contribution in [0.1, 0.15) is 56.0 Å². The standard InChI is InChI=1S/C20H28N6O/c1-13(2)12-26-16(5)17(14(3)24-26)9-10-19(27)21-15(4)20-23-22-18-8-6-7-11-25(18)20/h6-8,11,13,15H,9-10,12H2,1-5H3,(H,21,27)/t15-/m1/s1. The second kappa shape index (κ2) is 7.90. The lowest BCUT2D eigenvalue weighted by Crippen LogP contribution is -2.28. The van der Waals surface area contributed by atoms with E-state index < -0.39 is 0 Å². The summed E-state index contributed by atoms with van der Waals surface area (Å²) < 4.78 is 3.95. The van der Waals surface area contributed by atoms with E-state index in [0.29, 0.717) is 18.8 Å². The van der Waals surface area contributed by atoms with Gasteiger partial charge in [0.15, 0.2) is 11.5 Å². The topological polar surface area (TPSA) is 77.1 Å². The zero-order valence-electron chi connectivity index (χ0n) is 16.7. The predicted octanol–water partition coefficient (Wildman–Crippen LogP) is 3.01. The molecule has 1 N–H and O–H groups in total. The van der Waals surface area contributed by atoms with Crippen molar-refractivity contribution in [3.63, 3.8) is 0 Å². The number of hydrogen-bond acceptors (Lipinski definition) is 4. The SMILES string of the molecule is Cc1nn(CC(C)C)c(C)c1CCC(=O)N[C@H](C)c1nnc2ccccn12. The molecule has 0 aliphatic heterocycles. The van der Waals surface area contributed by atoms with Crippen LogP contribution >= 0.6 is 0 Å². The van der Waals surface area contributed by atoms with Crippen molar-refractivity contribution in [2.24, 2.45) is 5.92 Å². The highest BCUT2D eigenvalue weighted by Crippen LogP contribution is 2.17. The van der Waals surface area contributed by atoms with E-state index in [0.717, 1.165) is 29.4 Å². The molecule has 0 bridgehead atoms. The first-order valence-corrected chi connectivity index (χ1v) is 9.48. The molecule has 0 radical (unpaired) electrons. The lowest BCUT2D eigenvalue weighted by atomic mass is 10.1. The van der Waals surface area contributed by atoms with Crippen molar-refractivity contribution >= 4 is 11.6 Å². The predicted molar refractivity (Wildman–Crippen MR) is 104 cm³/mol. The van der Waals surface area contributed by atoms with Gasteiger partial charge in [0.05, 0.1) is 11.7 Å². The van der Waals surface area contributed by atoms with Crippen molar-refractivity contribution < 1.29 is 4.79 Å². The molecule has 144 valence electrons. The van der Waals surface area contributed by atoms with Gasteiger partial charge in [-0.2, -0.15) is 5.10 Å². The summed E-state index contributed by atoms with van der Waals surface area (Å²) in [6.07, 6.45) is 3.02. The fourth-order valence-corrected chi connectivity index (χ4v) is 3.39. The van der Waals surface area contributed by atoms with E-state index in [1.165, 1.54) is 5.56 Å². The number of rotatable bonds is 7. The van der Waals surface area contributed by atoms with E-state index in [-0.39, 0.29) is 11.9 Å². The molecular weight excluding hydrogens is 340 g/mol. The minimum Gasteiger partial charge on any atom is -0.346 e. The van der Waals surface area contributed by atoms with Crippen molar-refractivity contribution in [1.29, 1.82) is 0 Å². The minimum absolute atomic E-state index is 0.00518. The van der Waals surface area contributed by atoms with E-state index in [1.807, 2.05) is 42.6 Å². The smallest absolute Gasteiger partial charge is 0.220 e. The highest BCUT2D eigenvalue weighted by atomic mass is 16.1. The molecule has 0 saturated heterocycles. The Hall–Kier alpha value is -2.70. The fraction of sp³-hybridized carbons (Fsp3) is 0.500. The van der Waals surface area contributed by atoms with Gasteiger partial charge in [-0.25, -0.2) is 0 Å². The summed E-state index contributed by atoms with van der Waals surface area (Å²) in [6.45, 7) is 11.3. The van der Waals surface area contributed by atoms with Crippen LogP contribution in [0.4, 0.5) is 0 Å². The number of aromatic nitrogens is 5. The van der Waals surface area contributed by atoms with E-state index >= 15 is 0 Å². The number of nitrogens with one attached hydrogen (secondary N) is 1. The molecule has 0 fully saturated rings. The summed E-state index contributed by atoms with van der Waals surface area (Å²) in [5, 5.41) is 16.0. The summed E-state index contributed by atoms with van der Waals surface area (Å²) >= 11 is 0. The van der Waals surface area contributed by atoms with E-state index in [4.69, 9.17) is 0 Å². The van der Waals surface area contributed by atoms with Crippen LogP contribution in [0.3, 0.4) is 0 Å². The number of carbonyl (C=O) groups excluding carboxylic acids is 1. The Kier molecular flexibility index (Phi) is 5.58. The average Bonchev–Trinajstić information content (AvgIpc) is 3.15. The molecule has 3 aromatic rings. The molecule has 0 saturated carbocycles. The van der Waals surface area contributed by atoms with E-state index in [9.17, 15) is 4.79 Å². The minimum atomic E-state index is -0.208. The largest absolute Gasteiger partial charge is 0.346 e. The van der Waals surface area contributed by atoms with Gasteiger partial charge in [-0.1, -0.05) is 19.9 Å². The van der Waals surface area contributed by atoms with Crippen LogP contribution in [0.2, 0.25) is 0 Å². The van der Waals surface area contributed by atoms with Crippen molar-refractivity contribution in [3.8, 4) is 0 Å². The average molecular weight is 368 g/mol. The van der Waals surface area contributed by atoms with Crippen LogP contribution in [0.15, 0.2) is 24.4 Å². The second-order valence-electron chi connectivity index (χ2n) is 7.50. The van der Waals surface area contributed by atoms with Gasteiger partial charge in [-0.05, 0) is 50.8 Å². The van der Waals surface area contributed by atoms with Crippen LogP contribution < -0.4 is 5.32 Å². The third-order valence-corrected chi connectivity index (χ3v) is 4.78. The number of hydrogen-bond donors (Lipinski definition) is 1. The number of amides is 1. The Balaban J connectivity index is 1.62. The zero-order chi connectivity index (χ0) is 19.6. The van der Waals surface area contributed by atoms with Crippen LogP contribution in [-0.2, 0) is 17.8 Å². The molecule has 1 amide bonds. The summed E-state index contributed by atoms with van der Waals surface area (Å²) in [5.74, 6) is 1.28. The number of nitrogens with zero attached hydrogens (tertiary/aromatic N) is 5. The van der Waals surface area contributed by atoms with E-state index in [2.05, 4.69) is 46.1 Å². The second-order valence-corrected chi connectivity index (χ2v) is 7.50. The Morgan fingerprint density at radius 3 is 2.70 bits per heavy atom. The highest BCUT2D eigenvalue weighted by Gasteiger charge is 2.17. The Morgan fingerprint density at radius 1 is 1.19 bits per heavy atom. The third-order valence-electron chi connectivity index (χ3n) is 4.78. The van der Waals surface area contributed by atoms with E-state index in [1.54, 1.807) is 0 Å². The first kappa shape index (κ1) is 19.1. The highest BCUT2D eigenvalue weighted by molar-refractivity contribution is 5.76. The summed E-state index contributed by atoms with van der Waals surface area (Å²) in [4.78, 5) is 12.5. The molecule has 27 heavy (non-hydrogen) atoms. The number of fused-ring (bicyclic) bond motifs is 1. The lowest BCUT2D eigenvalue weighted by Gasteiger charge is -2.12. The molecule has 3 aromatic heterocycles. The Labute approximate surface area is 159 Å². The normalized spacial score (nSPS) is 12.7. The molecule has 7 heteroatoms. The molecule has 3 heterocycles. The molecular formula is C20H28N6O. The Bertz CT molecular complexity index is 939. The van der Waals surface area contributed by atoms with Gasteiger partial charge in [0.2, 0.25) is 5.91 Å². The lowest BCUT2D eigenvalue weighted by molar-refractivity contribution is -0.121. The maximum atomic E-state index is 12.5. The summed E-state index contributed by atoms with van der Waals surface area (Å²) in [5.41, 5.74) is 4.12. The van der Waals surface area contributed by atoms with Crippen molar-refractivity contribution in [3.05, 3.63) is 47.2 Å². The third kappa shape index (κ3) is 4.18. The van der Waals surface area contributed by atoms with Gasteiger partial charge in [-0.15, -0.1) is 10.2 Å². The van der Waals surface area contributed by atoms with Gasteiger partial charge >= 0.3 is 0 Å². The maximum Gasteiger partial charge on any atom is 0.220 e. The van der Waals surface area contributed by atoms with Gasteiger partial charge < -0.3 is 5.32 Å². The first-order valence-electron chi connectivity index (χ1n) is 9.48. The molecule has 0 aliphatic rings.